The predicted octanol–water partition coefficient (Wildman–Crippen LogP) is 1.32. The van der Waals surface area contributed by atoms with E-state index in [1.165, 1.54) is 6.20 Å². The van der Waals surface area contributed by atoms with Gasteiger partial charge in [0.05, 0.1) is 28.2 Å². The largest absolute Gasteiger partial charge is 0.489 e. The number of ether oxygens (including phenoxy) is 1. The summed E-state index contributed by atoms with van der Waals surface area (Å²) < 4.78 is 22.2. The van der Waals surface area contributed by atoms with Crippen molar-refractivity contribution in [3.8, 4) is 5.75 Å². The van der Waals surface area contributed by atoms with E-state index >= 15 is 0 Å². The molecule has 0 amide bonds. The smallest absolute Gasteiger partial charge is 0.341 e. The average Bonchev–Trinajstić information content (AvgIpc) is 3.26. The monoisotopic (exact) mass is 333 g/mol. The molecule has 126 valence electrons. The van der Waals surface area contributed by atoms with Gasteiger partial charge in [-0.25, -0.2) is 9.18 Å². The Morgan fingerprint density at radius 2 is 2.17 bits per heavy atom. The van der Waals surface area contributed by atoms with E-state index in [0.29, 0.717) is 18.4 Å². The minimum Gasteiger partial charge on any atom is -0.489 e. The number of carbonyl (C=O) groups is 1. The molecule has 8 heteroatoms. The van der Waals surface area contributed by atoms with Crippen LogP contribution in [0.3, 0.4) is 0 Å². The molecule has 1 aliphatic heterocycles. The van der Waals surface area contributed by atoms with Crippen molar-refractivity contribution in [1.29, 1.82) is 0 Å². The minimum absolute atomic E-state index is 0.165. The lowest BCUT2D eigenvalue weighted by molar-refractivity contribution is 0.0694. The molecule has 0 radical (unpaired) electrons. The second kappa shape index (κ2) is 4.47. The van der Waals surface area contributed by atoms with E-state index in [2.05, 4.69) is 0 Å². The Bertz CT molecular complexity index is 978. The summed E-state index contributed by atoms with van der Waals surface area (Å²) in [6, 6.07) is -0.232. The summed E-state index contributed by atoms with van der Waals surface area (Å²) in [5.74, 6) is -1.98. The van der Waals surface area contributed by atoms with Crippen LogP contribution in [0.4, 0.5) is 10.1 Å². The number of carboxylic acid groups (broad SMARTS) is 1. The van der Waals surface area contributed by atoms with E-state index in [9.17, 15) is 19.1 Å². The van der Waals surface area contributed by atoms with Crippen LogP contribution in [0.1, 0.15) is 41.7 Å². The topological polar surface area (TPSA) is 121 Å². The molecule has 1 aromatic heterocycles. The van der Waals surface area contributed by atoms with E-state index in [1.807, 2.05) is 6.92 Å². The highest BCUT2D eigenvalue weighted by Gasteiger charge is 2.47. The molecule has 1 saturated carbocycles. The minimum atomic E-state index is -1.38. The first kappa shape index (κ1) is 14.9. The van der Waals surface area contributed by atoms with Crippen molar-refractivity contribution in [1.82, 2.24) is 4.57 Å². The molecule has 24 heavy (non-hydrogen) atoms. The van der Waals surface area contributed by atoms with Gasteiger partial charge in [0.1, 0.15) is 12.2 Å². The van der Waals surface area contributed by atoms with Crippen molar-refractivity contribution in [3.63, 3.8) is 0 Å². The van der Waals surface area contributed by atoms with E-state index in [1.54, 1.807) is 4.57 Å². The average molecular weight is 333 g/mol. The number of benzene rings is 1. The Kier molecular flexibility index (Phi) is 2.79. The number of anilines is 1. The summed E-state index contributed by atoms with van der Waals surface area (Å²) in [5.41, 5.74) is 10.0. The van der Waals surface area contributed by atoms with Gasteiger partial charge in [-0.3, -0.25) is 4.79 Å². The van der Waals surface area contributed by atoms with Gasteiger partial charge in [-0.15, -0.1) is 0 Å². The number of hydrogen-bond donors (Lipinski definition) is 3. The highest BCUT2D eigenvalue weighted by Crippen LogP contribution is 2.52. The standard InChI is InChI=1S/C16H16FN3O4/c1-6-5-24-14-9(16(19)2-3-16)10(17)11(18)8-12(14)20(6)4-7(13(8)21)15(22)23/h4,6H,2-3,5,18-19H2,1H3,(H,22,23). The van der Waals surface area contributed by atoms with Crippen LogP contribution in [0.2, 0.25) is 0 Å². The second-order valence-electron chi connectivity index (χ2n) is 6.56. The number of aromatic nitrogens is 1. The molecule has 0 spiro atoms. The number of rotatable bonds is 2. The van der Waals surface area contributed by atoms with Crippen molar-refractivity contribution in [2.24, 2.45) is 5.73 Å². The molecule has 1 aliphatic carbocycles. The number of pyridine rings is 1. The SMILES string of the molecule is CC1COc2c(C3(N)CC3)c(F)c(N)c3c(=O)c(C(=O)O)cn1c23. The number of aromatic carboxylic acids is 1. The molecule has 5 N–H and O–H groups in total. The summed E-state index contributed by atoms with van der Waals surface area (Å²) in [6.07, 6.45) is 2.46. The van der Waals surface area contributed by atoms with Gasteiger partial charge in [-0.05, 0) is 19.8 Å². The van der Waals surface area contributed by atoms with Crippen molar-refractivity contribution in [2.75, 3.05) is 12.3 Å². The summed E-state index contributed by atoms with van der Waals surface area (Å²) in [7, 11) is 0. The predicted molar refractivity (Wildman–Crippen MR) is 84.8 cm³/mol. The fraction of sp³-hybridized carbons (Fsp3) is 0.375. The molecule has 4 rings (SSSR count). The fourth-order valence-corrected chi connectivity index (χ4v) is 3.33. The molecule has 7 nitrogen and oxygen atoms in total. The van der Waals surface area contributed by atoms with Crippen LogP contribution in [0.5, 0.6) is 5.75 Å². The lowest BCUT2D eigenvalue weighted by Crippen LogP contribution is -2.31. The number of carboxylic acids is 1. The quantitative estimate of drug-likeness (QED) is 0.713. The highest BCUT2D eigenvalue weighted by atomic mass is 19.1. The third-order valence-electron chi connectivity index (χ3n) is 4.86. The van der Waals surface area contributed by atoms with Gasteiger partial charge < -0.3 is 25.9 Å². The molecule has 1 fully saturated rings. The number of hydrogen-bond acceptors (Lipinski definition) is 5. The fourth-order valence-electron chi connectivity index (χ4n) is 3.33. The van der Waals surface area contributed by atoms with E-state index < -0.39 is 28.3 Å². The molecule has 1 aromatic carbocycles. The number of nitrogens with zero attached hydrogens (tertiary/aromatic N) is 1. The zero-order valence-electron chi connectivity index (χ0n) is 12.9. The van der Waals surface area contributed by atoms with Crippen molar-refractivity contribution in [2.45, 2.75) is 31.3 Å². The molecule has 0 saturated heterocycles. The zero-order chi connectivity index (χ0) is 17.4. The normalized spacial score (nSPS) is 20.7. The Morgan fingerprint density at radius 3 is 2.75 bits per heavy atom. The Hall–Kier alpha value is -2.61. The Labute approximate surface area is 135 Å². The van der Waals surface area contributed by atoms with Gasteiger partial charge in [-0.1, -0.05) is 0 Å². The van der Waals surface area contributed by atoms with Crippen LogP contribution >= 0.6 is 0 Å². The maximum atomic E-state index is 14.9. The lowest BCUT2D eigenvalue weighted by Gasteiger charge is -2.30. The molecule has 1 atom stereocenters. The van der Waals surface area contributed by atoms with Gasteiger partial charge >= 0.3 is 5.97 Å². The van der Waals surface area contributed by atoms with Gasteiger partial charge in [0.15, 0.2) is 11.6 Å². The van der Waals surface area contributed by atoms with Crippen LogP contribution in [0.25, 0.3) is 10.9 Å². The van der Waals surface area contributed by atoms with Crippen LogP contribution < -0.4 is 21.6 Å². The molecule has 2 heterocycles. The highest BCUT2D eigenvalue weighted by molar-refractivity contribution is 6.01. The first-order chi connectivity index (χ1) is 11.3. The number of nitrogen functional groups attached to an aromatic ring is 1. The summed E-state index contributed by atoms with van der Waals surface area (Å²) >= 11 is 0. The van der Waals surface area contributed by atoms with Crippen molar-refractivity contribution >= 4 is 22.6 Å². The molecule has 2 aliphatic rings. The van der Waals surface area contributed by atoms with Crippen LogP contribution in [-0.4, -0.2) is 22.2 Å². The second-order valence-corrected chi connectivity index (χ2v) is 6.56. The van der Waals surface area contributed by atoms with E-state index in [0.717, 1.165) is 0 Å². The van der Waals surface area contributed by atoms with Crippen LogP contribution in [0.15, 0.2) is 11.0 Å². The lowest BCUT2D eigenvalue weighted by atomic mass is 9.96. The van der Waals surface area contributed by atoms with Crippen LogP contribution in [-0.2, 0) is 5.54 Å². The van der Waals surface area contributed by atoms with E-state index in [-0.39, 0.29) is 35.0 Å². The van der Waals surface area contributed by atoms with Gasteiger partial charge in [0.2, 0.25) is 5.43 Å². The maximum Gasteiger partial charge on any atom is 0.341 e. The van der Waals surface area contributed by atoms with Gasteiger partial charge in [-0.2, -0.15) is 0 Å². The van der Waals surface area contributed by atoms with Gasteiger partial charge in [0, 0.05) is 11.7 Å². The summed E-state index contributed by atoms with van der Waals surface area (Å²) in [5, 5.41) is 9.11. The van der Waals surface area contributed by atoms with Crippen molar-refractivity contribution < 1.29 is 19.0 Å². The maximum absolute atomic E-state index is 14.9. The summed E-state index contributed by atoms with van der Waals surface area (Å²) in [6.45, 7) is 2.03. The summed E-state index contributed by atoms with van der Waals surface area (Å²) in [4.78, 5) is 23.9. The first-order valence-electron chi connectivity index (χ1n) is 7.61. The third kappa shape index (κ3) is 1.74. The zero-order valence-corrected chi connectivity index (χ0v) is 12.9. The van der Waals surface area contributed by atoms with Crippen molar-refractivity contribution in [3.05, 3.63) is 33.4 Å². The van der Waals surface area contributed by atoms with E-state index in [4.69, 9.17) is 16.2 Å². The number of halogens is 1. The Morgan fingerprint density at radius 1 is 1.50 bits per heavy atom. The molecule has 1 unspecified atom stereocenters. The molecular formula is C16H16FN3O4. The molecule has 0 bridgehead atoms. The molecule has 2 aromatic rings. The molecular weight excluding hydrogens is 317 g/mol. The Balaban J connectivity index is 2.25. The van der Waals surface area contributed by atoms with Gasteiger partial charge in [0.25, 0.3) is 0 Å². The third-order valence-corrected chi connectivity index (χ3v) is 4.86. The first-order valence-corrected chi connectivity index (χ1v) is 7.61. The number of nitrogens with two attached hydrogens (primary N) is 2. The van der Waals surface area contributed by atoms with Crippen LogP contribution in [0, 0.1) is 5.82 Å².